The summed E-state index contributed by atoms with van der Waals surface area (Å²) < 4.78 is 5.20. The average Bonchev–Trinajstić information content (AvgIpc) is 2.47. The lowest BCUT2D eigenvalue weighted by molar-refractivity contribution is 0.0482. The first-order valence-corrected chi connectivity index (χ1v) is 7.12. The number of likely N-dealkylation sites (N-methyl/N-ethyl adjacent to an activating group) is 1. The van der Waals surface area contributed by atoms with Crippen LogP contribution in [0.5, 0.6) is 0 Å². The van der Waals surface area contributed by atoms with Crippen LogP contribution in [0.1, 0.15) is 10.4 Å². The Morgan fingerprint density at radius 3 is 2.38 bits per heavy atom. The minimum absolute atomic E-state index is 0.303. The van der Waals surface area contributed by atoms with Crippen LogP contribution < -0.4 is 0 Å². The highest BCUT2D eigenvalue weighted by atomic mass is 35.5. The molecule has 0 aliphatic rings. The average molecular weight is 304 g/mol. The summed E-state index contributed by atoms with van der Waals surface area (Å²) in [5.74, 6) is -0.303. The zero-order chi connectivity index (χ0) is 15.2. The van der Waals surface area contributed by atoms with Gasteiger partial charge in [-0.05, 0) is 37.9 Å². The van der Waals surface area contributed by atoms with Crippen LogP contribution in [0.3, 0.4) is 0 Å². The highest BCUT2D eigenvalue weighted by Crippen LogP contribution is 2.27. The van der Waals surface area contributed by atoms with Crippen molar-refractivity contribution < 1.29 is 9.53 Å². The maximum absolute atomic E-state index is 11.9. The van der Waals surface area contributed by atoms with E-state index in [0.717, 1.165) is 11.1 Å². The zero-order valence-electron chi connectivity index (χ0n) is 12.2. The van der Waals surface area contributed by atoms with Gasteiger partial charge in [-0.3, -0.25) is 0 Å². The zero-order valence-corrected chi connectivity index (χ0v) is 12.9. The molecule has 0 radical (unpaired) electrons. The third kappa shape index (κ3) is 4.31. The predicted molar refractivity (Wildman–Crippen MR) is 85.7 cm³/mol. The molecule has 0 aliphatic carbocycles. The first-order chi connectivity index (χ1) is 10.1. The van der Waals surface area contributed by atoms with Crippen molar-refractivity contribution in [2.75, 3.05) is 27.2 Å². The fourth-order valence-corrected chi connectivity index (χ4v) is 2.13. The van der Waals surface area contributed by atoms with Crippen molar-refractivity contribution >= 4 is 17.6 Å². The summed E-state index contributed by atoms with van der Waals surface area (Å²) in [6, 6.07) is 14.9. The molecule has 0 N–H and O–H groups in total. The van der Waals surface area contributed by atoms with Crippen molar-refractivity contribution in [3.05, 3.63) is 59.1 Å². The molecule has 3 nitrogen and oxygen atoms in total. The van der Waals surface area contributed by atoms with Crippen LogP contribution in [0.4, 0.5) is 0 Å². The van der Waals surface area contributed by atoms with Gasteiger partial charge in [0.1, 0.15) is 6.61 Å². The van der Waals surface area contributed by atoms with Crippen molar-refractivity contribution in [2.45, 2.75) is 0 Å². The van der Waals surface area contributed by atoms with Gasteiger partial charge in [0.05, 0.1) is 5.56 Å². The van der Waals surface area contributed by atoms with Crippen molar-refractivity contribution in [3.8, 4) is 11.1 Å². The molecule has 21 heavy (non-hydrogen) atoms. The van der Waals surface area contributed by atoms with Gasteiger partial charge in [-0.1, -0.05) is 41.9 Å². The fourth-order valence-electron chi connectivity index (χ4n) is 1.89. The summed E-state index contributed by atoms with van der Waals surface area (Å²) >= 11 is 6.16. The summed E-state index contributed by atoms with van der Waals surface area (Å²) in [5.41, 5.74) is 2.47. The van der Waals surface area contributed by atoms with Gasteiger partial charge in [0.2, 0.25) is 0 Å². The van der Waals surface area contributed by atoms with Crippen LogP contribution in [-0.2, 0) is 4.74 Å². The molecule has 2 rings (SSSR count). The third-order valence-electron chi connectivity index (χ3n) is 3.08. The van der Waals surface area contributed by atoms with Crippen molar-refractivity contribution in [1.29, 1.82) is 0 Å². The Morgan fingerprint density at radius 2 is 1.76 bits per heavy atom. The van der Waals surface area contributed by atoms with E-state index in [-0.39, 0.29) is 5.97 Å². The smallest absolute Gasteiger partial charge is 0.338 e. The molecule has 2 aromatic rings. The molecule has 0 heterocycles. The summed E-state index contributed by atoms with van der Waals surface area (Å²) in [6.07, 6.45) is 0. The summed E-state index contributed by atoms with van der Waals surface area (Å²) in [6.45, 7) is 1.10. The number of halogens is 1. The fraction of sp³-hybridized carbons (Fsp3) is 0.235. The van der Waals surface area contributed by atoms with E-state index in [2.05, 4.69) is 0 Å². The van der Waals surface area contributed by atoms with E-state index >= 15 is 0 Å². The third-order valence-corrected chi connectivity index (χ3v) is 3.41. The molecule has 0 atom stereocenters. The Bertz CT molecular complexity index is 608. The Hall–Kier alpha value is -1.84. The second kappa shape index (κ2) is 7.25. The van der Waals surface area contributed by atoms with E-state index in [1.54, 1.807) is 12.1 Å². The standard InChI is InChI=1S/C17H18ClNO2/c1-19(2)11-12-21-17(20)14-9-7-13(8-10-14)15-5-3-4-6-16(15)18/h3-10H,11-12H2,1-2H3. The van der Waals surface area contributed by atoms with Gasteiger partial charge in [-0.15, -0.1) is 0 Å². The normalized spacial score (nSPS) is 10.7. The molecular formula is C17H18ClNO2. The number of nitrogens with zero attached hydrogens (tertiary/aromatic N) is 1. The van der Waals surface area contributed by atoms with Gasteiger partial charge in [0.25, 0.3) is 0 Å². The molecule has 0 aliphatic heterocycles. The van der Waals surface area contributed by atoms with E-state index in [1.165, 1.54) is 0 Å². The molecule has 2 aromatic carbocycles. The van der Waals surface area contributed by atoms with E-state index in [1.807, 2.05) is 55.4 Å². The molecular weight excluding hydrogens is 286 g/mol. The largest absolute Gasteiger partial charge is 0.461 e. The summed E-state index contributed by atoms with van der Waals surface area (Å²) in [5, 5.41) is 0.693. The summed E-state index contributed by atoms with van der Waals surface area (Å²) in [4.78, 5) is 13.8. The van der Waals surface area contributed by atoms with Crippen molar-refractivity contribution in [3.63, 3.8) is 0 Å². The lowest BCUT2D eigenvalue weighted by atomic mass is 10.0. The molecule has 0 saturated heterocycles. The molecule has 0 fully saturated rings. The van der Waals surface area contributed by atoms with Crippen molar-refractivity contribution in [1.82, 2.24) is 4.90 Å². The molecule has 0 unspecified atom stereocenters. The second-order valence-electron chi connectivity index (χ2n) is 5.00. The highest BCUT2D eigenvalue weighted by molar-refractivity contribution is 6.33. The van der Waals surface area contributed by atoms with Gasteiger partial charge in [0, 0.05) is 17.1 Å². The van der Waals surface area contributed by atoms with Gasteiger partial charge >= 0.3 is 5.97 Å². The Morgan fingerprint density at radius 1 is 1.10 bits per heavy atom. The van der Waals surface area contributed by atoms with E-state index in [4.69, 9.17) is 16.3 Å². The lowest BCUT2D eigenvalue weighted by Crippen LogP contribution is -2.20. The number of benzene rings is 2. The number of carbonyl (C=O) groups is 1. The molecule has 0 spiro atoms. The number of rotatable bonds is 5. The second-order valence-corrected chi connectivity index (χ2v) is 5.40. The van der Waals surface area contributed by atoms with Gasteiger partial charge < -0.3 is 9.64 Å². The first-order valence-electron chi connectivity index (χ1n) is 6.75. The maximum atomic E-state index is 11.9. The van der Waals surface area contributed by atoms with E-state index in [0.29, 0.717) is 23.7 Å². The van der Waals surface area contributed by atoms with Crippen LogP contribution in [0.2, 0.25) is 5.02 Å². The molecule has 0 aromatic heterocycles. The molecule has 0 saturated carbocycles. The number of hydrogen-bond acceptors (Lipinski definition) is 3. The highest BCUT2D eigenvalue weighted by Gasteiger charge is 2.08. The lowest BCUT2D eigenvalue weighted by Gasteiger charge is -2.10. The predicted octanol–water partition coefficient (Wildman–Crippen LogP) is 3.73. The minimum atomic E-state index is -0.303. The Labute approximate surface area is 130 Å². The van der Waals surface area contributed by atoms with E-state index < -0.39 is 0 Å². The Balaban J connectivity index is 2.05. The van der Waals surface area contributed by atoms with Crippen molar-refractivity contribution in [2.24, 2.45) is 0 Å². The SMILES string of the molecule is CN(C)CCOC(=O)c1ccc(-c2ccccc2Cl)cc1. The topological polar surface area (TPSA) is 29.5 Å². The Kier molecular flexibility index (Phi) is 5.37. The van der Waals surface area contributed by atoms with Crippen LogP contribution in [0.25, 0.3) is 11.1 Å². The van der Waals surface area contributed by atoms with E-state index in [9.17, 15) is 4.79 Å². The first kappa shape index (κ1) is 15.5. The number of esters is 1. The van der Waals surface area contributed by atoms with Crippen LogP contribution >= 0.6 is 11.6 Å². The van der Waals surface area contributed by atoms with Crippen LogP contribution in [0, 0.1) is 0 Å². The summed E-state index contributed by atoms with van der Waals surface area (Å²) in [7, 11) is 3.87. The van der Waals surface area contributed by atoms with Crippen LogP contribution in [-0.4, -0.2) is 38.1 Å². The number of hydrogen-bond donors (Lipinski definition) is 0. The monoisotopic (exact) mass is 303 g/mol. The van der Waals surface area contributed by atoms with Gasteiger partial charge in [-0.2, -0.15) is 0 Å². The van der Waals surface area contributed by atoms with Gasteiger partial charge in [0.15, 0.2) is 0 Å². The molecule has 0 amide bonds. The maximum Gasteiger partial charge on any atom is 0.338 e. The number of carbonyl (C=O) groups excluding carboxylic acids is 1. The quantitative estimate of drug-likeness (QED) is 0.788. The van der Waals surface area contributed by atoms with Gasteiger partial charge in [-0.25, -0.2) is 4.79 Å². The number of ether oxygens (including phenoxy) is 1. The minimum Gasteiger partial charge on any atom is -0.461 e. The molecule has 110 valence electrons. The molecule has 0 bridgehead atoms. The molecule has 4 heteroatoms. The van der Waals surface area contributed by atoms with Crippen LogP contribution in [0.15, 0.2) is 48.5 Å².